The van der Waals surface area contributed by atoms with Gasteiger partial charge in [0.15, 0.2) is 0 Å². The Hall–Kier alpha value is -0.120. The van der Waals surface area contributed by atoms with Crippen molar-refractivity contribution in [3.8, 4) is 0 Å². The third kappa shape index (κ3) is 25.9. The maximum absolute atomic E-state index is 5.52. The van der Waals surface area contributed by atoms with Gasteiger partial charge in [0.05, 0.1) is 0 Å². The van der Waals surface area contributed by atoms with Crippen molar-refractivity contribution in [3.05, 3.63) is 0 Å². The normalized spacial score (nSPS) is 13.7. The molecule has 3 nitrogen and oxygen atoms in total. The van der Waals surface area contributed by atoms with E-state index in [0.717, 1.165) is 37.4 Å². The predicted molar refractivity (Wildman–Crippen MR) is 127 cm³/mol. The Kier molecular flexibility index (Phi) is 32.8. The van der Waals surface area contributed by atoms with Crippen LogP contribution < -0.4 is 17.2 Å². The van der Waals surface area contributed by atoms with Crippen LogP contribution in [0.1, 0.15) is 119 Å². The van der Waals surface area contributed by atoms with E-state index in [1.165, 1.54) is 77.0 Å². The molecule has 3 atom stereocenters. The van der Waals surface area contributed by atoms with Crippen molar-refractivity contribution in [1.82, 2.24) is 0 Å². The first-order valence-electron chi connectivity index (χ1n) is 12.1. The SMILES string of the molecule is CCCCC(CC)CN.CCCCC(CC)CN.CCCCC(CC)CN. The summed E-state index contributed by atoms with van der Waals surface area (Å²) in [5.41, 5.74) is 16.6. The summed E-state index contributed by atoms with van der Waals surface area (Å²) < 4.78 is 0. The quantitative estimate of drug-likeness (QED) is 0.301. The molecule has 0 bridgehead atoms. The fraction of sp³-hybridized carbons (Fsp3) is 1.00. The molecule has 0 aliphatic rings. The molecule has 0 heterocycles. The lowest BCUT2D eigenvalue weighted by Crippen LogP contribution is -2.12. The van der Waals surface area contributed by atoms with Gasteiger partial charge in [-0.3, -0.25) is 0 Å². The smallest absolute Gasteiger partial charge is 0.00490 e. The van der Waals surface area contributed by atoms with Gasteiger partial charge in [-0.1, -0.05) is 99.3 Å². The molecule has 6 N–H and O–H groups in total. The van der Waals surface area contributed by atoms with Crippen LogP contribution in [0.2, 0.25) is 0 Å². The summed E-state index contributed by atoms with van der Waals surface area (Å²) >= 11 is 0. The molecule has 0 saturated carbocycles. The maximum atomic E-state index is 5.52. The van der Waals surface area contributed by atoms with Gasteiger partial charge in [0, 0.05) is 0 Å². The highest BCUT2D eigenvalue weighted by Gasteiger charge is 2.01. The van der Waals surface area contributed by atoms with E-state index in [1.54, 1.807) is 0 Å². The summed E-state index contributed by atoms with van der Waals surface area (Å²) in [7, 11) is 0. The second-order valence-electron chi connectivity index (χ2n) is 7.96. The minimum Gasteiger partial charge on any atom is -0.330 e. The summed E-state index contributed by atoms with van der Waals surface area (Å²) in [6, 6.07) is 0. The van der Waals surface area contributed by atoms with Gasteiger partial charge in [0.1, 0.15) is 0 Å². The summed E-state index contributed by atoms with van der Waals surface area (Å²) in [6.07, 6.45) is 15.6. The van der Waals surface area contributed by atoms with Crippen LogP contribution in [0.15, 0.2) is 0 Å². The lowest BCUT2D eigenvalue weighted by molar-refractivity contribution is 0.461. The highest BCUT2D eigenvalue weighted by atomic mass is 14.5. The van der Waals surface area contributed by atoms with Crippen LogP contribution in [0.3, 0.4) is 0 Å². The molecule has 0 spiro atoms. The van der Waals surface area contributed by atoms with Crippen molar-refractivity contribution in [1.29, 1.82) is 0 Å². The lowest BCUT2D eigenvalue weighted by atomic mass is 10.00. The van der Waals surface area contributed by atoms with Gasteiger partial charge in [0.25, 0.3) is 0 Å². The van der Waals surface area contributed by atoms with Gasteiger partial charge in [0.2, 0.25) is 0 Å². The second kappa shape index (κ2) is 28.1. The average molecular weight is 388 g/mol. The molecule has 0 aromatic rings. The molecule has 3 heteroatoms. The van der Waals surface area contributed by atoms with Crippen LogP contribution in [0, 0.1) is 17.8 Å². The van der Waals surface area contributed by atoms with Crippen LogP contribution in [0.25, 0.3) is 0 Å². The number of hydrogen-bond donors (Lipinski definition) is 3. The molecule has 0 amide bonds. The van der Waals surface area contributed by atoms with Crippen LogP contribution in [-0.2, 0) is 0 Å². The van der Waals surface area contributed by atoms with Gasteiger partial charge in [-0.05, 0) is 56.7 Å². The number of hydrogen-bond acceptors (Lipinski definition) is 3. The van der Waals surface area contributed by atoms with Crippen LogP contribution in [-0.4, -0.2) is 19.6 Å². The lowest BCUT2D eigenvalue weighted by Gasteiger charge is -2.09. The molecule has 0 saturated heterocycles. The van der Waals surface area contributed by atoms with Crippen LogP contribution in [0.4, 0.5) is 0 Å². The Labute approximate surface area is 173 Å². The predicted octanol–water partition coefficient (Wildman–Crippen LogP) is 6.48. The molecule has 0 fully saturated rings. The molecule has 3 unspecified atom stereocenters. The summed E-state index contributed by atoms with van der Waals surface area (Å²) in [6.45, 7) is 15.9. The standard InChI is InChI=1S/3C8H19N/c3*1-3-5-6-8(4-2)7-9/h3*8H,3-7,9H2,1-2H3. The Morgan fingerprint density at radius 3 is 0.778 bits per heavy atom. The molecule has 168 valence electrons. The zero-order chi connectivity index (χ0) is 21.3. The Morgan fingerprint density at radius 1 is 0.444 bits per heavy atom. The molecule has 0 rings (SSSR count). The summed E-state index contributed by atoms with van der Waals surface area (Å²) in [5, 5.41) is 0. The molecule has 0 radical (unpaired) electrons. The monoisotopic (exact) mass is 387 g/mol. The van der Waals surface area contributed by atoms with Crippen molar-refractivity contribution in [2.24, 2.45) is 35.0 Å². The number of rotatable bonds is 15. The first-order valence-corrected chi connectivity index (χ1v) is 12.1. The van der Waals surface area contributed by atoms with E-state index in [1.807, 2.05) is 0 Å². The maximum Gasteiger partial charge on any atom is -0.00490 e. The van der Waals surface area contributed by atoms with Gasteiger partial charge >= 0.3 is 0 Å². The van der Waals surface area contributed by atoms with Crippen molar-refractivity contribution in [3.63, 3.8) is 0 Å². The minimum absolute atomic E-state index is 0.782. The Balaban J connectivity index is -0.000000320. The average Bonchev–Trinajstić information content (AvgIpc) is 2.71. The second-order valence-corrected chi connectivity index (χ2v) is 7.96. The molecule has 0 aliphatic heterocycles. The van der Waals surface area contributed by atoms with E-state index in [0.29, 0.717) is 0 Å². The minimum atomic E-state index is 0.782. The van der Waals surface area contributed by atoms with Crippen molar-refractivity contribution >= 4 is 0 Å². The fourth-order valence-corrected chi connectivity index (χ4v) is 2.94. The van der Waals surface area contributed by atoms with Gasteiger partial charge in [-0.2, -0.15) is 0 Å². The largest absolute Gasteiger partial charge is 0.330 e. The van der Waals surface area contributed by atoms with Crippen molar-refractivity contribution in [2.45, 2.75) is 119 Å². The Bertz CT molecular complexity index is 184. The molecule has 0 aliphatic carbocycles. The van der Waals surface area contributed by atoms with Gasteiger partial charge < -0.3 is 17.2 Å². The molecule has 27 heavy (non-hydrogen) atoms. The molecule has 0 aromatic carbocycles. The third-order valence-electron chi connectivity index (χ3n) is 5.63. The topological polar surface area (TPSA) is 78.1 Å². The van der Waals surface area contributed by atoms with Crippen molar-refractivity contribution in [2.75, 3.05) is 19.6 Å². The van der Waals surface area contributed by atoms with Crippen molar-refractivity contribution < 1.29 is 0 Å². The first-order chi connectivity index (χ1) is 13.0. The highest BCUT2D eigenvalue weighted by Crippen LogP contribution is 2.11. The summed E-state index contributed by atoms with van der Waals surface area (Å²) in [5.74, 6) is 2.35. The van der Waals surface area contributed by atoms with E-state index >= 15 is 0 Å². The van der Waals surface area contributed by atoms with E-state index < -0.39 is 0 Å². The zero-order valence-electron chi connectivity index (χ0n) is 20.1. The highest BCUT2D eigenvalue weighted by molar-refractivity contribution is 4.57. The first kappa shape index (κ1) is 31.6. The van der Waals surface area contributed by atoms with Gasteiger partial charge in [-0.15, -0.1) is 0 Å². The van der Waals surface area contributed by atoms with E-state index in [-0.39, 0.29) is 0 Å². The van der Waals surface area contributed by atoms with E-state index in [4.69, 9.17) is 17.2 Å². The van der Waals surface area contributed by atoms with Gasteiger partial charge in [-0.25, -0.2) is 0 Å². The van der Waals surface area contributed by atoms with Crippen LogP contribution in [0.5, 0.6) is 0 Å². The number of unbranched alkanes of at least 4 members (excludes halogenated alkanes) is 3. The van der Waals surface area contributed by atoms with E-state index in [2.05, 4.69) is 41.5 Å². The summed E-state index contributed by atoms with van der Waals surface area (Å²) in [4.78, 5) is 0. The number of nitrogens with two attached hydrogens (primary N) is 3. The fourth-order valence-electron chi connectivity index (χ4n) is 2.94. The molecular formula is C24H57N3. The zero-order valence-corrected chi connectivity index (χ0v) is 20.1. The van der Waals surface area contributed by atoms with Crippen LogP contribution >= 0.6 is 0 Å². The molecular weight excluding hydrogens is 330 g/mol. The molecule has 0 aromatic heterocycles. The Morgan fingerprint density at radius 2 is 0.667 bits per heavy atom. The van der Waals surface area contributed by atoms with E-state index in [9.17, 15) is 0 Å². The third-order valence-corrected chi connectivity index (χ3v) is 5.63.